The Bertz CT molecular complexity index is 493. The molecule has 0 unspecified atom stereocenters. The fourth-order valence-electron chi connectivity index (χ4n) is 1.34. The van der Waals surface area contributed by atoms with Gasteiger partial charge in [0.1, 0.15) is 6.04 Å². The van der Waals surface area contributed by atoms with Crippen LogP contribution < -0.4 is 5.73 Å². The van der Waals surface area contributed by atoms with E-state index in [1.165, 1.54) is 0 Å². The van der Waals surface area contributed by atoms with Gasteiger partial charge in [0.05, 0.1) is 10.6 Å². The van der Waals surface area contributed by atoms with Gasteiger partial charge < -0.3 is 5.73 Å². The van der Waals surface area contributed by atoms with Crippen molar-refractivity contribution in [3.05, 3.63) is 34.3 Å². The molecule has 0 bridgehead atoms. The highest BCUT2D eigenvalue weighted by Gasteiger charge is 2.61. The zero-order valence-corrected chi connectivity index (χ0v) is 10.0. The summed E-state index contributed by atoms with van der Waals surface area (Å²) in [5.74, 6) is -5.37. The van der Waals surface area contributed by atoms with E-state index in [2.05, 4.69) is 0 Å². The molecule has 0 spiro atoms. The van der Waals surface area contributed by atoms with Crippen LogP contribution in [0.25, 0.3) is 0 Å². The van der Waals surface area contributed by atoms with Crippen molar-refractivity contribution < 1.29 is 35.1 Å². The molecular formula is C10H6ClF8N. The first-order valence-corrected chi connectivity index (χ1v) is 5.23. The highest BCUT2D eigenvalue weighted by Crippen LogP contribution is 2.44. The van der Waals surface area contributed by atoms with Crippen LogP contribution in [0.2, 0.25) is 5.02 Å². The second-order valence-electron chi connectivity index (χ2n) is 3.84. The van der Waals surface area contributed by atoms with E-state index in [1.54, 1.807) is 0 Å². The molecule has 0 saturated heterocycles. The Labute approximate surface area is 112 Å². The van der Waals surface area contributed by atoms with Gasteiger partial charge in [-0.1, -0.05) is 17.7 Å². The second kappa shape index (κ2) is 5.03. The number of alkyl halides is 8. The maximum absolute atomic E-state index is 13.0. The van der Waals surface area contributed by atoms with Crippen molar-refractivity contribution in [3.8, 4) is 0 Å². The van der Waals surface area contributed by atoms with E-state index in [0.717, 1.165) is 0 Å². The molecule has 114 valence electrons. The molecule has 0 aliphatic heterocycles. The van der Waals surface area contributed by atoms with Crippen LogP contribution in [0.1, 0.15) is 17.2 Å². The lowest BCUT2D eigenvalue weighted by Crippen LogP contribution is -2.45. The number of hydrogen-bond acceptors (Lipinski definition) is 1. The van der Waals surface area contributed by atoms with Crippen LogP contribution in [0.4, 0.5) is 35.1 Å². The van der Waals surface area contributed by atoms with E-state index in [0.29, 0.717) is 12.1 Å². The highest BCUT2D eigenvalue weighted by atomic mass is 35.5. The molecule has 1 aromatic rings. The molecule has 2 N–H and O–H groups in total. The van der Waals surface area contributed by atoms with Gasteiger partial charge >= 0.3 is 18.3 Å². The van der Waals surface area contributed by atoms with Gasteiger partial charge in [0, 0.05) is 0 Å². The SMILES string of the molecule is N[C@@H](c1ccc(Cl)c(C(F)(F)F)c1)C(F)(F)C(F)(F)F. The van der Waals surface area contributed by atoms with Crippen LogP contribution in [0, 0.1) is 0 Å². The summed E-state index contributed by atoms with van der Waals surface area (Å²) in [4.78, 5) is 0. The summed E-state index contributed by atoms with van der Waals surface area (Å²) >= 11 is 5.22. The van der Waals surface area contributed by atoms with Crippen LogP contribution in [-0.2, 0) is 6.18 Å². The topological polar surface area (TPSA) is 26.0 Å². The molecule has 0 heterocycles. The van der Waals surface area contributed by atoms with Crippen LogP contribution >= 0.6 is 11.6 Å². The van der Waals surface area contributed by atoms with Crippen LogP contribution in [0.5, 0.6) is 0 Å². The number of halogens is 9. The molecule has 1 aromatic carbocycles. The Morgan fingerprint density at radius 1 is 0.950 bits per heavy atom. The van der Waals surface area contributed by atoms with E-state index in [4.69, 9.17) is 17.3 Å². The van der Waals surface area contributed by atoms with Crippen molar-refractivity contribution in [1.29, 1.82) is 0 Å². The van der Waals surface area contributed by atoms with Gasteiger partial charge in [0.2, 0.25) is 0 Å². The van der Waals surface area contributed by atoms with E-state index >= 15 is 0 Å². The predicted molar refractivity (Wildman–Crippen MR) is 54.4 cm³/mol. The van der Waals surface area contributed by atoms with E-state index in [9.17, 15) is 35.1 Å². The Morgan fingerprint density at radius 3 is 1.85 bits per heavy atom. The minimum Gasteiger partial charge on any atom is -0.319 e. The summed E-state index contributed by atoms with van der Waals surface area (Å²) in [6.07, 6.45) is -11.0. The molecule has 0 aliphatic carbocycles. The molecule has 0 amide bonds. The van der Waals surface area contributed by atoms with Gasteiger partial charge in [-0.15, -0.1) is 0 Å². The van der Waals surface area contributed by atoms with Gasteiger partial charge in [0.15, 0.2) is 0 Å². The molecule has 1 rings (SSSR count). The van der Waals surface area contributed by atoms with Crippen molar-refractivity contribution in [2.75, 3.05) is 0 Å². The average Bonchev–Trinajstić information content (AvgIpc) is 2.25. The predicted octanol–water partition coefficient (Wildman–Crippen LogP) is 4.56. The summed E-state index contributed by atoms with van der Waals surface area (Å²) in [6, 6.07) is -1.75. The summed E-state index contributed by atoms with van der Waals surface area (Å²) in [6.45, 7) is 0. The maximum atomic E-state index is 13.0. The number of hydrogen-bond donors (Lipinski definition) is 1. The molecule has 0 fully saturated rings. The lowest BCUT2D eigenvalue weighted by Gasteiger charge is -2.26. The van der Waals surface area contributed by atoms with E-state index in [-0.39, 0.29) is 6.07 Å². The molecule has 1 nitrogen and oxygen atoms in total. The largest absolute Gasteiger partial charge is 0.455 e. The summed E-state index contributed by atoms with van der Waals surface area (Å²) in [5.41, 5.74) is 2.18. The van der Waals surface area contributed by atoms with Crippen LogP contribution in [-0.4, -0.2) is 12.1 Å². The first kappa shape index (κ1) is 17.0. The summed E-state index contributed by atoms with van der Waals surface area (Å²) in [5, 5.41) is -0.830. The van der Waals surface area contributed by atoms with Crippen molar-refractivity contribution >= 4 is 11.6 Å². The second-order valence-corrected chi connectivity index (χ2v) is 4.24. The molecule has 0 radical (unpaired) electrons. The fraction of sp³-hybridized carbons (Fsp3) is 0.400. The van der Waals surface area contributed by atoms with Gasteiger partial charge in [-0.2, -0.15) is 35.1 Å². The third-order valence-corrected chi connectivity index (χ3v) is 2.75. The summed E-state index contributed by atoms with van der Waals surface area (Å²) < 4.78 is 99.7. The van der Waals surface area contributed by atoms with Crippen molar-refractivity contribution in [2.24, 2.45) is 5.73 Å². The van der Waals surface area contributed by atoms with Crippen molar-refractivity contribution in [1.82, 2.24) is 0 Å². The molecule has 1 atom stereocenters. The van der Waals surface area contributed by atoms with Crippen LogP contribution in [0.3, 0.4) is 0 Å². The quantitative estimate of drug-likeness (QED) is 0.792. The number of rotatable bonds is 2. The van der Waals surface area contributed by atoms with Gasteiger partial charge in [-0.3, -0.25) is 0 Å². The minimum absolute atomic E-state index is 0.0760. The Kier molecular flexibility index (Phi) is 4.27. The molecular weight excluding hydrogens is 322 g/mol. The average molecular weight is 328 g/mol. The smallest absolute Gasteiger partial charge is 0.319 e. The highest BCUT2D eigenvalue weighted by molar-refractivity contribution is 6.31. The maximum Gasteiger partial charge on any atom is 0.455 e. The third-order valence-electron chi connectivity index (χ3n) is 2.42. The number of benzene rings is 1. The lowest BCUT2D eigenvalue weighted by atomic mass is 9.99. The van der Waals surface area contributed by atoms with E-state index in [1.807, 2.05) is 0 Å². The Morgan fingerprint density at radius 2 is 1.45 bits per heavy atom. The van der Waals surface area contributed by atoms with Gasteiger partial charge in [-0.25, -0.2) is 0 Å². The molecule has 20 heavy (non-hydrogen) atoms. The molecule has 10 heteroatoms. The van der Waals surface area contributed by atoms with Crippen LogP contribution in [0.15, 0.2) is 18.2 Å². The van der Waals surface area contributed by atoms with Gasteiger partial charge in [-0.05, 0) is 17.7 Å². The normalized spacial score (nSPS) is 15.3. The zero-order valence-electron chi connectivity index (χ0n) is 9.29. The molecule has 0 aliphatic rings. The third kappa shape index (κ3) is 3.14. The Hall–Kier alpha value is -1.09. The van der Waals surface area contributed by atoms with E-state index < -0.39 is 40.5 Å². The first-order chi connectivity index (χ1) is 8.78. The van der Waals surface area contributed by atoms with Crippen molar-refractivity contribution in [3.63, 3.8) is 0 Å². The lowest BCUT2D eigenvalue weighted by molar-refractivity contribution is -0.291. The fourth-order valence-corrected chi connectivity index (χ4v) is 1.56. The zero-order chi connectivity index (χ0) is 15.9. The minimum atomic E-state index is -5.98. The first-order valence-electron chi connectivity index (χ1n) is 4.85. The standard InChI is InChI=1S/C10H6ClF8N/c11-6-2-1-4(3-5(6)9(14,15)16)7(20)8(12,13)10(17,18)19/h1-3,7H,20H2/t7-/m0/s1. The summed E-state index contributed by atoms with van der Waals surface area (Å²) in [7, 11) is 0. The van der Waals surface area contributed by atoms with Gasteiger partial charge in [0.25, 0.3) is 0 Å². The molecule has 0 saturated carbocycles. The Balaban J connectivity index is 3.29. The monoisotopic (exact) mass is 327 g/mol. The van der Waals surface area contributed by atoms with Crippen molar-refractivity contribution in [2.45, 2.75) is 24.3 Å². The molecule has 0 aromatic heterocycles. The number of nitrogens with two attached hydrogens (primary N) is 1.